The number of benzene rings is 2. The molecule has 0 bridgehead atoms. The van der Waals surface area contributed by atoms with Crippen LogP contribution in [0.2, 0.25) is 5.02 Å². The van der Waals surface area contributed by atoms with Gasteiger partial charge in [0.05, 0.1) is 15.6 Å². The monoisotopic (exact) mass is 354 g/mol. The molecule has 7 nitrogen and oxygen atoms in total. The highest BCUT2D eigenvalue weighted by Gasteiger charge is 2.24. The van der Waals surface area contributed by atoms with Gasteiger partial charge in [0, 0.05) is 17.9 Å². The first-order chi connectivity index (χ1) is 10.7. The Bertz CT molecular complexity index is 896. The van der Waals surface area contributed by atoms with Crippen molar-refractivity contribution < 1.29 is 18.1 Å². The maximum atomic E-state index is 12.2. The number of carbonyl (C=O) groups excluding carboxylic acids is 1. The fourth-order valence-electron chi connectivity index (χ4n) is 1.87. The Hall–Kier alpha value is -2.45. The minimum Gasteiger partial charge on any atom is -0.321 e. The van der Waals surface area contributed by atoms with Crippen molar-refractivity contribution in [3.05, 3.63) is 63.2 Å². The molecule has 23 heavy (non-hydrogen) atoms. The number of hydrogen-bond acceptors (Lipinski definition) is 5. The summed E-state index contributed by atoms with van der Waals surface area (Å²) in [4.78, 5) is 21.9. The van der Waals surface area contributed by atoms with E-state index >= 15 is 0 Å². The van der Waals surface area contributed by atoms with Crippen LogP contribution in [0.4, 0.5) is 11.4 Å². The van der Waals surface area contributed by atoms with Crippen molar-refractivity contribution in [2.24, 2.45) is 0 Å². The van der Waals surface area contributed by atoms with Gasteiger partial charge in [-0.25, -0.2) is 8.42 Å². The number of nitro benzene ring substituents is 1. The maximum Gasteiger partial charge on any atom is 0.288 e. The molecule has 0 aliphatic rings. The van der Waals surface area contributed by atoms with Gasteiger partial charge in [-0.05, 0) is 24.3 Å². The number of anilines is 1. The minimum absolute atomic E-state index is 0.0518. The van der Waals surface area contributed by atoms with Gasteiger partial charge in [-0.15, -0.1) is 0 Å². The van der Waals surface area contributed by atoms with Crippen molar-refractivity contribution in [3.63, 3.8) is 0 Å². The molecule has 2 aromatic rings. The quantitative estimate of drug-likeness (QED) is 0.671. The molecule has 1 amide bonds. The van der Waals surface area contributed by atoms with Crippen molar-refractivity contribution in [2.45, 2.75) is 4.90 Å². The lowest BCUT2D eigenvalue weighted by molar-refractivity contribution is -0.387. The first kappa shape index (κ1) is 16.9. The van der Waals surface area contributed by atoms with E-state index in [2.05, 4.69) is 5.32 Å². The molecule has 0 aliphatic carbocycles. The number of sulfone groups is 1. The van der Waals surface area contributed by atoms with E-state index in [1.165, 1.54) is 6.07 Å². The second kappa shape index (κ2) is 6.35. The van der Waals surface area contributed by atoms with Crippen LogP contribution in [0.15, 0.2) is 47.4 Å². The highest BCUT2D eigenvalue weighted by Crippen LogP contribution is 2.26. The van der Waals surface area contributed by atoms with Gasteiger partial charge >= 0.3 is 0 Å². The molecule has 0 spiro atoms. The van der Waals surface area contributed by atoms with Gasteiger partial charge in [0.15, 0.2) is 9.84 Å². The lowest BCUT2D eigenvalue weighted by atomic mass is 10.2. The van der Waals surface area contributed by atoms with Crippen LogP contribution in [0.5, 0.6) is 0 Å². The zero-order valence-corrected chi connectivity index (χ0v) is 13.4. The summed E-state index contributed by atoms with van der Waals surface area (Å²) >= 11 is 5.92. The highest BCUT2D eigenvalue weighted by atomic mass is 35.5. The highest BCUT2D eigenvalue weighted by molar-refractivity contribution is 7.90. The Balaban J connectivity index is 2.41. The third-order valence-electron chi connectivity index (χ3n) is 2.94. The molecule has 0 radical (unpaired) electrons. The predicted molar refractivity (Wildman–Crippen MR) is 85.6 cm³/mol. The van der Waals surface area contributed by atoms with Gasteiger partial charge < -0.3 is 5.32 Å². The van der Waals surface area contributed by atoms with E-state index in [1.807, 2.05) is 0 Å². The van der Waals surface area contributed by atoms with Crippen LogP contribution in [0.3, 0.4) is 0 Å². The minimum atomic E-state index is -3.78. The third kappa shape index (κ3) is 3.85. The Morgan fingerprint density at radius 3 is 2.43 bits per heavy atom. The van der Waals surface area contributed by atoms with Crippen LogP contribution >= 0.6 is 11.6 Å². The molecular formula is C14H11ClN2O5S. The Morgan fingerprint density at radius 2 is 1.87 bits per heavy atom. The molecule has 0 heterocycles. The topological polar surface area (TPSA) is 106 Å². The second-order valence-corrected chi connectivity index (χ2v) is 7.04. The average molecular weight is 355 g/mol. The van der Waals surface area contributed by atoms with E-state index in [0.717, 1.165) is 18.4 Å². The Kier molecular flexibility index (Phi) is 4.67. The first-order valence-electron chi connectivity index (χ1n) is 6.24. The zero-order chi connectivity index (χ0) is 17.2. The van der Waals surface area contributed by atoms with Gasteiger partial charge in [-0.3, -0.25) is 14.9 Å². The van der Waals surface area contributed by atoms with E-state index in [0.29, 0.717) is 10.7 Å². The SMILES string of the molecule is CS(=O)(=O)c1ccc(C(=O)Nc2ccccc2Cl)cc1[N+](=O)[O-]. The standard InChI is InChI=1S/C14H11ClN2O5S/c1-23(21,22)13-7-6-9(8-12(13)17(19)20)14(18)16-11-5-3-2-4-10(11)15/h2-8H,1H3,(H,16,18). The summed E-state index contributed by atoms with van der Waals surface area (Å²) in [6, 6.07) is 9.65. The van der Waals surface area contributed by atoms with Gasteiger partial charge in [0.25, 0.3) is 11.6 Å². The number of para-hydroxylation sites is 1. The van der Waals surface area contributed by atoms with Crippen molar-refractivity contribution in [2.75, 3.05) is 11.6 Å². The maximum absolute atomic E-state index is 12.2. The number of nitro groups is 1. The van der Waals surface area contributed by atoms with E-state index in [1.54, 1.807) is 24.3 Å². The van der Waals surface area contributed by atoms with Gasteiger partial charge in [-0.2, -0.15) is 0 Å². The predicted octanol–water partition coefficient (Wildman–Crippen LogP) is 2.90. The van der Waals surface area contributed by atoms with Crippen LogP contribution in [0, 0.1) is 10.1 Å². The molecular weight excluding hydrogens is 344 g/mol. The second-order valence-electron chi connectivity index (χ2n) is 4.65. The molecule has 0 aromatic heterocycles. The number of nitrogens with zero attached hydrogens (tertiary/aromatic N) is 1. The third-order valence-corrected chi connectivity index (χ3v) is 4.41. The van der Waals surface area contributed by atoms with Crippen LogP contribution in [-0.2, 0) is 9.84 Å². The summed E-state index contributed by atoms with van der Waals surface area (Å²) in [6.07, 6.45) is 0.860. The summed E-state index contributed by atoms with van der Waals surface area (Å²) in [5, 5.41) is 13.9. The van der Waals surface area contributed by atoms with Gasteiger partial charge in [-0.1, -0.05) is 23.7 Å². The number of hydrogen-bond donors (Lipinski definition) is 1. The molecule has 0 unspecified atom stereocenters. The van der Waals surface area contributed by atoms with E-state index in [9.17, 15) is 23.3 Å². The van der Waals surface area contributed by atoms with Crippen molar-refractivity contribution in [1.29, 1.82) is 0 Å². The fourth-order valence-corrected chi connectivity index (χ4v) is 2.88. The lowest BCUT2D eigenvalue weighted by Crippen LogP contribution is -2.13. The number of rotatable bonds is 4. The number of nitrogens with one attached hydrogen (secondary N) is 1. The van der Waals surface area contributed by atoms with E-state index in [4.69, 9.17) is 11.6 Å². The summed E-state index contributed by atoms with van der Waals surface area (Å²) in [6.45, 7) is 0. The lowest BCUT2D eigenvalue weighted by Gasteiger charge is -2.08. The molecule has 0 saturated heterocycles. The van der Waals surface area contributed by atoms with Crippen LogP contribution in [0.25, 0.3) is 0 Å². The number of amides is 1. The number of carbonyl (C=O) groups is 1. The number of halogens is 1. The Morgan fingerprint density at radius 1 is 1.22 bits per heavy atom. The summed E-state index contributed by atoms with van der Waals surface area (Å²) in [5.41, 5.74) is -0.364. The average Bonchev–Trinajstić information content (AvgIpc) is 2.48. The molecule has 0 aliphatic heterocycles. The van der Waals surface area contributed by atoms with E-state index < -0.39 is 31.3 Å². The molecule has 120 valence electrons. The molecule has 0 atom stereocenters. The molecule has 0 fully saturated rings. The zero-order valence-electron chi connectivity index (χ0n) is 11.8. The van der Waals surface area contributed by atoms with Crippen molar-refractivity contribution in [3.8, 4) is 0 Å². The van der Waals surface area contributed by atoms with Crippen molar-refractivity contribution >= 4 is 38.7 Å². The summed E-state index contributed by atoms with van der Waals surface area (Å²) < 4.78 is 23.1. The molecule has 2 rings (SSSR count). The normalized spacial score (nSPS) is 11.0. The van der Waals surface area contributed by atoms with Crippen LogP contribution in [-0.4, -0.2) is 25.5 Å². The van der Waals surface area contributed by atoms with Gasteiger partial charge in [0.2, 0.25) is 0 Å². The molecule has 0 saturated carbocycles. The first-order valence-corrected chi connectivity index (χ1v) is 8.51. The van der Waals surface area contributed by atoms with Gasteiger partial charge in [0.1, 0.15) is 4.90 Å². The fraction of sp³-hybridized carbons (Fsp3) is 0.0714. The van der Waals surface area contributed by atoms with Crippen LogP contribution < -0.4 is 5.32 Å². The summed E-state index contributed by atoms with van der Waals surface area (Å²) in [5.74, 6) is -0.638. The largest absolute Gasteiger partial charge is 0.321 e. The van der Waals surface area contributed by atoms with Crippen LogP contribution in [0.1, 0.15) is 10.4 Å². The Labute approximate surface area is 137 Å². The summed E-state index contributed by atoms with van der Waals surface area (Å²) in [7, 11) is -3.78. The van der Waals surface area contributed by atoms with E-state index in [-0.39, 0.29) is 5.56 Å². The molecule has 9 heteroatoms. The molecule has 1 N–H and O–H groups in total. The van der Waals surface area contributed by atoms with Crippen molar-refractivity contribution in [1.82, 2.24) is 0 Å². The smallest absolute Gasteiger partial charge is 0.288 e. The molecule has 2 aromatic carbocycles.